The lowest BCUT2D eigenvalue weighted by molar-refractivity contribution is 0.0955. The van der Waals surface area contributed by atoms with Crippen molar-refractivity contribution in [3.05, 3.63) is 53.6 Å². The van der Waals surface area contributed by atoms with E-state index < -0.39 is 0 Å². The first-order valence-corrected chi connectivity index (χ1v) is 6.09. The van der Waals surface area contributed by atoms with Gasteiger partial charge in [-0.05, 0) is 36.4 Å². The second-order valence-electron chi connectivity index (χ2n) is 4.17. The molecule has 0 fully saturated rings. The number of carbonyl (C=O) groups excluding carboxylic acids is 1. The van der Waals surface area contributed by atoms with Crippen molar-refractivity contribution in [3.63, 3.8) is 0 Å². The summed E-state index contributed by atoms with van der Waals surface area (Å²) in [5, 5.41) is 22.5. The molecule has 0 atom stereocenters. The van der Waals surface area contributed by atoms with Crippen molar-refractivity contribution in [2.45, 2.75) is 0 Å². The maximum atomic E-state index is 11.8. The van der Waals surface area contributed by atoms with Gasteiger partial charge in [0, 0.05) is 17.2 Å². The maximum absolute atomic E-state index is 11.8. The highest BCUT2D eigenvalue weighted by Crippen LogP contribution is 2.20. The molecule has 0 aliphatic carbocycles. The second kappa shape index (κ2) is 6.42. The van der Waals surface area contributed by atoms with Crippen molar-refractivity contribution < 1.29 is 19.7 Å². The van der Waals surface area contributed by atoms with Gasteiger partial charge in [-0.1, -0.05) is 0 Å². The van der Waals surface area contributed by atoms with Gasteiger partial charge in [0.2, 0.25) is 0 Å². The normalized spacial score (nSPS) is 10.5. The molecule has 0 unspecified atom stereocenters. The molecular formula is C15H14N2O4. The summed E-state index contributed by atoms with van der Waals surface area (Å²) in [6, 6.07) is 10.6. The van der Waals surface area contributed by atoms with E-state index in [9.17, 15) is 9.90 Å². The standard InChI is InChI=1S/C15H14N2O4/c1-21-13-6-3-10(4-7-13)15(20)17-16-9-11-2-5-12(18)8-14(11)19/h2-9,18-19H,1H3,(H,17,20)/b16-9-. The van der Waals surface area contributed by atoms with Crippen molar-refractivity contribution in [1.29, 1.82) is 0 Å². The Morgan fingerprint density at radius 3 is 2.52 bits per heavy atom. The lowest BCUT2D eigenvalue weighted by atomic mass is 10.2. The summed E-state index contributed by atoms with van der Waals surface area (Å²) in [5.74, 6) is 0.0978. The first-order valence-electron chi connectivity index (χ1n) is 6.09. The molecule has 1 amide bonds. The van der Waals surface area contributed by atoms with E-state index in [0.29, 0.717) is 16.9 Å². The Balaban J connectivity index is 2.01. The van der Waals surface area contributed by atoms with Gasteiger partial charge in [-0.3, -0.25) is 4.79 Å². The number of rotatable bonds is 4. The van der Waals surface area contributed by atoms with E-state index in [-0.39, 0.29) is 17.4 Å². The van der Waals surface area contributed by atoms with Crippen LogP contribution in [0.2, 0.25) is 0 Å². The number of hydrazone groups is 1. The molecule has 0 radical (unpaired) electrons. The van der Waals surface area contributed by atoms with Gasteiger partial charge in [-0.15, -0.1) is 0 Å². The van der Waals surface area contributed by atoms with Gasteiger partial charge in [0.1, 0.15) is 17.2 Å². The average molecular weight is 286 g/mol. The molecule has 6 heteroatoms. The zero-order chi connectivity index (χ0) is 15.2. The van der Waals surface area contributed by atoms with E-state index in [1.165, 1.54) is 24.4 Å². The lowest BCUT2D eigenvalue weighted by Crippen LogP contribution is -2.17. The predicted octanol–water partition coefficient (Wildman–Crippen LogP) is 1.87. The van der Waals surface area contributed by atoms with Gasteiger partial charge in [0.25, 0.3) is 5.91 Å². The highest BCUT2D eigenvalue weighted by molar-refractivity contribution is 5.95. The molecule has 3 N–H and O–H groups in total. The van der Waals surface area contributed by atoms with Crippen LogP contribution in [0.3, 0.4) is 0 Å². The van der Waals surface area contributed by atoms with Gasteiger partial charge in [-0.25, -0.2) is 5.43 Å². The van der Waals surface area contributed by atoms with Crippen molar-refractivity contribution >= 4 is 12.1 Å². The first kappa shape index (κ1) is 14.4. The number of aromatic hydroxyl groups is 2. The number of methoxy groups -OCH3 is 1. The fourth-order valence-corrected chi connectivity index (χ4v) is 1.61. The van der Waals surface area contributed by atoms with E-state index in [4.69, 9.17) is 9.84 Å². The number of nitrogens with one attached hydrogen (secondary N) is 1. The van der Waals surface area contributed by atoms with Gasteiger partial charge in [0.05, 0.1) is 13.3 Å². The summed E-state index contributed by atoms with van der Waals surface area (Å²) in [6.07, 6.45) is 1.29. The Hall–Kier alpha value is -3.02. The third-order valence-corrected chi connectivity index (χ3v) is 2.74. The molecule has 108 valence electrons. The average Bonchev–Trinajstić information content (AvgIpc) is 2.49. The van der Waals surface area contributed by atoms with Crippen LogP contribution in [-0.4, -0.2) is 29.4 Å². The minimum atomic E-state index is -0.382. The number of hydrogen-bond acceptors (Lipinski definition) is 5. The number of hydrogen-bond donors (Lipinski definition) is 3. The number of amides is 1. The zero-order valence-electron chi connectivity index (χ0n) is 11.3. The Labute approximate surface area is 121 Å². The molecule has 0 saturated heterocycles. The third kappa shape index (κ3) is 3.73. The summed E-state index contributed by atoms with van der Waals surface area (Å²) in [7, 11) is 1.55. The minimum Gasteiger partial charge on any atom is -0.508 e. The van der Waals surface area contributed by atoms with Crippen LogP contribution in [0.1, 0.15) is 15.9 Å². The summed E-state index contributed by atoms with van der Waals surface area (Å²) >= 11 is 0. The Kier molecular flexibility index (Phi) is 4.40. The largest absolute Gasteiger partial charge is 0.508 e. The fraction of sp³-hybridized carbons (Fsp3) is 0.0667. The molecule has 6 nitrogen and oxygen atoms in total. The molecule has 2 aromatic carbocycles. The van der Waals surface area contributed by atoms with Crippen LogP contribution in [0, 0.1) is 0 Å². The SMILES string of the molecule is COc1ccc(C(=O)N/N=C\c2ccc(O)cc2O)cc1. The molecule has 0 aliphatic heterocycles. The van der Waals surface area contributed by atoms with Gasteiger partial charge < -0.3 is 14.9 Å². The van der Waals surface area contributed by atoms with E-state index >= 15 is 0 Å². The highest BCUT2D eigenvalue weighted by Gasteiger charge is 2.04. The Morgan fingerprint density at radius 1 is 1.19 bits per heavy atom. The summed E-state index contributed by atoms with van der Waals surface area (Å²) in [6.45, 7) is 0. The van der Waals surface area contributed by atoms with Gasteiger partial charge >= 0.3 is 0 Å². The van der Waals surface area contributed by atoms with Crippen LogP contribution in [0.5, 0.6) is 17.2 Å². The highest BCUT2D eigenvalue weighted by atomic mass is 16.5. The molecule has 0 aliphatic rings. The van der Waals surface area contributed by atoms with E-state index in [1.807, 2.05) is 0 Å². The fourth-order valence-electron chi connectivity index (χ4n) is 1.61. The molecule has 21 heavy (non-hydrogen) atoms. The topological polar surface area (TPSA) is 91.2 Å². The first-order chi connectivity index (χ1) is 10.1. The molecule has 2 rings (SSSR count). The van der Waals surface area contributed by atoms with Crippen molar-refractivity contribution in [2.75, 3.05) is 7.11 Å². The second-order valence-corrected chi connectivity index (χ2v) is 4.17. The number of phenols is 2. The van der Waals surface area contributed by atoms with E-state index in [1.54, 1.807) is 31.4 Å². The van der Waals surface area contributed by atoms with E-state index in [0.717, 1.165) is 0 Å². The molecule has 0 spiro atoms. The van der Waals surface area contributed by atoms with Crippen LogP contribution in [0.15, 0.2) is 47.6 Å². The van der Waals surface area contributed by atoms with Crippen molar-refractivity contribution in [3.8, 4) is 17.2 Å². The van der Waals surface area contributed by atoms with Crippen LogP contribution in [0.25, 0.3) is 0 Å². The zero-order valence-corrected chi connectivity index (χ0v) is 11.3. The summed E-state index contributed by atoms with van der Waals surface area (Å²) < 4.78 is 5.00. The monoisotopic (exact) mass is 286 g/mol. The molecule has 0 bridgehead atoms. The van der Waals surface area contributed by atoms with Crippen LogP contribution >= 0.6 is 0 Å². The molecule has 0 heterocycles. The number of carbonyl (C=O) groups is 1. The van der Waals surface area contributed by atoms with Crippen molar-refractivity contribution in [1.82, 2.24) is 5.43 Å². The Morgan fingerprint density at radius 2 is 1.90 bits per heavy atom. The Bertz CT molecular complexity index is 666. The molecule has 0 saturated carbocycles. The minimum absolute atomic E-state index is 0.0491. The van der Waals surface area contributed by atoms with Gasteiger partial charge in [-0.2, -0.15) is 5.10 Å². The van der Waals surface area contributed by atoms with Crippen LogP contribution in [0.4, 0.5) is 0 Å². The number of nitrogens with zero attached hydrogens (tertiary/aromatic N) is 1. The number of phenolic OH excluding ortho intramolecular Hbond substituents is 2. The van der Waals surface area contributed by atoms with Gasteiger partial charge in [0.15, 0.2) is 0 Å². The van der Waals surface area contributed by atoms with Crippen LogP contribution < -0.4 is 10.2 Å². The van der Waals surface area contributed by atoms with E-state index in [2.05, 4.69) is 10.5 Å². The smallest absolute Gasteiger partial charge is 0.271 e. The number of ether oxygens (including phenoxy) is 1. The van der Waals surface area contributed by atoms with Crippen LogP contribution in [-0.2, 0) is 0 Å². The summed E-state index contributed by atoms with van der Waals surface area (Å²) in [5.41, 5.74) is 3.15. The summed E-state index contributed by atoms with van der Waals surface area (Å²) in [4.78, 5) is 11.8. The molecule has 2 aromatic rings. The molecular weight excluding hydrogens is 272 g/mol. The van der Waals surface area contributed by atoms with Crippen molar-refractivity contribution in [2.24, 2.45) is 5.10 Å². The quantitative estimate of drug-likeness (QED) is 0.591. The maximum Gasteiger partial charge on any atom is 0.271 e. The third-order valence-electron chi connectivity index (χ3n) is 2.74. The predicted molar refractivity (Wildman–Crippen MR) is 77.8 cm³/mol. The molecule has 0 aromatic heterocycles. The lowest BCUT2D eigenvalue weighted by Gasteiger charge is -2.02. The number of benzene rings is 2.